The van der Waals surface area contributed by atoms with E-state index in [2.05, 4.69) is 15.3 Å². The molecule has 2 aromatic rings. The monoisotopic (exact) mass is 316 g/mol. The Bertz CT molecular complexity index is 771. The Labute approximate surface area is 130 Å². The molecule has 0 aliphatic carbocycles. The third-order valence-corrected chi connectivity index (χ3v) is 3.77. The minimum Gasteiger partial charge on any atom is -0.379 e. The van der Waals surface area contributed by atoms with Crippen LogP contribution >= 0.6 is 0 Å². The summed E-state index contributed by atoms with van der Waals surface area (Å²) in [4.78, 5) is 43.0. The van der Waals surface area contributed by atoms with Gasteiger partial charge >= 0.3 is 5.69 Å². The zero-order valence-electron chi connectivity index (χ0n) is 12.2. The van der Waals surface area contributed by atoms with Gasteiger partial charge in [0.1, 0.15) is 5.69 Å². The summed E-state index contributed by atoms with van der Waals surface area (Å²) in [5, 5.41) is 2.82. The van der Waals surface area contributed by atoms with E-state index in [-0.39, 0.29) is 17.7 Å². The molecular weight excluding hydrogens is 300 g/mol. The highest BCUT2D eigenvalue weighted by atomic mass is 16.5. The first-order valence-corrected chi connectivity index (χ1v) is 7.23. The second kappa shape index (κ2) is 6.57. The quantitative estimate of drug-likeness (QED) is 0.699. The number of amides is 1. The molecule has 1 fully saturated rings. The van der Waals surface area contributed by atoms with Crippen molar-refractivity contribution in [3.8, 4) is 0 Å². The van der Waals surface area contributed by atoms with Gasteiger partial charge in [-0.05, 0) is 24.1 Å². The van der Waals surface area contributed by atoms with Crippen molar-refractivity contribution >= 4 is 5.91 Å². The van der Waals surface area contributed by atoms with Gasteiger partial charge in [-0.1, -0.05) is 0 Å². The summed E-state index contributed by atoms with van der Waals surface area (Å²) in [6, 6.07) is 4.72. The maximum absolute atomic E-state index is 12.2. The number of aromatic amines is 2. The molecule has 0 spiro atoms. The van der Waals surface area contributed by atoms with E-state index in [4.69, 9.17) is 4.74 Å². The van der Waals surface area contributed by atoms with Crippen molar-refractivity contribution in [2.75, 3.05) is 13.2 Å². The van der Waals surface area contributed by atoms with Gasteiger partial charge in [0.25, 0.3) is 11.5 Å². The number of hydrogen-bond acceptors (Lipinski definition) is 5. The Morgan fingerprint density at radius 3 is 2.78 bits per heavy atom. The first-order chi connectivity index (χ1) is 11.1. The molecule has 1 aliphatic heterocycles. The maximum atomic E-state index is 12.2. The molecule has 0 bridgehead atoms. The lowest BCUT2D eigenvalue weighted by atomic mass is 9.95. The zero-order valence-corrected chi connectivity index (χ0v) is 12.2. The van der Waals surface area contributed by atoms with Crippen molar-refractivity contribution in [1.82, 2.24) is 20.3 Å². The minimum absolute atomic E-state index is 0.0617. The van der Waals surface area contributed by atoms with Crippen LogP contribution in [0.4, 0.5) is 0 Å². The first-order valence-electron chi connectivity index (χ1n) is 7.23. The normalized spacial score (nSPS) is 20.3. The average Bonchev–Trinajstić information content (AvgIpc) is 2.94. The minimum atomic E-state index is -0.710. The van der Waals surface area contributed by atoms with E-state index < -0.39 is 17.2 Å². The average molecular weight is 316 g/mol. The zero-order chi connectivity index (χ0) is 16.2. The summed E-state index contributed by atoms with van der Waals surface area (Å²) >= 11 is 0. The number of pyridine rings is 1. The van der Waals surface area contributed by atoms with Crippen LogP contribution < -0.4 is 16.6 Å². The van der Waals surface area contributed by atoms with Crippen LogP contribution in [0.15, 0.2) is 40.2 Å². The van der Waals surface area contributed by atoms with Crippen LogP contribution in [0.25, 0.3) is 0 Å². The number of nitrogens with zero attached hydrogens (tertiary/aromatic N) is 1. The highest BCUT2D eigenvalue weighted by Gasteiger charge is 2.30. The molecule has 120 valence electrons. The molecule has 3 N–H and O–H groups in total. The van der Waals surface area contributed by atoms with Crippen molar-refractivity contribution in [2.24, 2.45) is 5.92 Å². The summed E-state index contributed by atoms with van der Waals surface area (Å²) in [7, 11) is 0. The van der Waals surface area contributed by atoms with Crippen LogP contribution in [-0.2, 0) is 11.2 Å². The number of ether oxygens (including phenoxy) is 1. The molecule has 0 radical (unpaired) electrons. The van der Waals surface area contributed by atoms with E-state index in [1.807, 2.05) is 17.1 Å². The molecule has 1 aliphatic rings. The summed E-state index contributed by atoms with van der Waals surface area (Å²) in [6.07, 6.45) is 4.19. The fourth-order valence-corrected chi connectivity index (χ4v) is 2.62. The second-order valence-electron chi connectivity index (χ2n) is 5.44. The van der Waals surface area contributed by atoms with Crippen LogP contribution in [0.1, 0.15) is 16.1 Å². The Kier molecular flexibility index (Phi) is 4.33. The topological polar surface area (TPSA) is 117 Å². The van der Waals surface area contributed by atoms with Gasteiger partial charge in [-0.15, -0.1) is 0 Å². The summed E-state index contributed by atoms with van der Waals surface area (Å²) in [5.74, 6) is -0.376. The van der Waals surface area contributed by atoms with Gasteiger partial charge in [0.05, 0.1) is 19.3 Å². The second-order valence-corrected chi connectivity index (χ2v) is 5.44. The van der Waals surface area contributed by atoms with Crippen molar-refractivity contribution in [3.63, 3.8) is 0 Å². The smallest absolute Gasteiger partial charge is 0.326 e. The summed E-state index contributed by atoms with van der Waals surface area (Å²) in [6.45, 7) is 0.939. The van der Waals surface area contributed by atoms with Crippen molar-refractivity contribution < 1.29 is 9.53 Å². The molecule has 0 unspecified atom stereocenters. The summed E-state index contributed by atoms with van der Waals surface area (Å²) in [5.41, 5.74) is -0.277. The maximum Gasteiger partial charge on any atom is 0.326 e. The van der Waals surface area contributed by atoms with E-state index in [0.717, 1.165) is 18.1 Å². The molecule has 1 saturated heterocycles. The molecule has 2 aromatic heterocycles. The van der Waals surface area contributed by atoms with Crippen LogP contribution in [0.2, 0.25) is 0 Å². The first kappa shape index (κ1) is 15.2. The van der Waals surface area contributed by atoms with Gasteiger partial charge in [-0.2, -0.15) is 0 Å². The summed E-state index contributed by atoms with van der Waals surface area (Å²) < 4.78 is 5.46. The van der Waals surface area contributed by atoms with Gasteiger partial charge in [0.2, 0.25) is 0 Å². The third-order valence-electron chi connectivity index (χ3n) is 3.77. The van der Waals surface area contributed by atoms with E-state index in [0.29, 0.717) is 13.2 Å². The van der Waals surface area contributed by atoms with Gasteiger partial charge in [0.15, 0.2) is 0 Å². The number of rotatable bonds is 4. The number of aromatic nitrogens is 3. The fourth-order valence-electron chi connectivity index (χ4n) is 2.62. The molecule has 3 heterocycles. The van der Waals surface area contributed by atoms with E-state index in [1.54, 1.807) is 12.4 Å². The van der Waals surface area contributed by atoms with Crippen molar-refractivity contribution in [2.45, 2.75) is 12.5 Å². The molecule has 23 heavy (non-hydrogen) atoms. The Morgan fingerprint density at radius 2 is 2.04 bits per heavy atom. The number of carbonyl (C=O) groups excluding carboxylic acids is 1. The van der Waals surface area contributed by atoms with E-state index in [9.17, 15) is 14.4 Å². The molecule has 2 atom stereocenters. The number of nitrogens with one attached hydrogen (secondary N) is 3. The lowest BCUT2D eigenvalue weighted by Gasteiger charge is -2.19. The predicted octanol–water partition coefficient (Wildman–Crippen LogP) is -0.554. The highest BCUT2D eigenvalue weighted by molar-refractivity contribution is 5.92. The molecule has 8 heteroatoms. The predicted molar refractivity (Wildman–Crippen MR) is 81.2 cm³/mol. The van der Waals surface area contributed by atoms with E-state index >= 15 is 0 Å². The lowest BCUT2D eigenvalue weighted by Crippen LogP contribution is -2.42. The highest BCUT2D eigenvalue weighted by Crippen LogP contribution is 2.19. The Hall–Kier alpha value is -2.74. The molecule has 0 saturated carbocycles. The van der Waals surface area contributed by atoms with Crippen LogP contribution in [0, 0.1) is 5.92 Å². The molecule has 1 amide bonds. The molecule has 8 nitrogen and oxygen atoms in total. The van der Waals surface area contributed by atoms with Gasteiger partial charge in [0, 0.05) is 24.4 Å². The van der Waals surface area contributed by atoms with Crippen LogP contribution in [0.3, 0.4) is 0 Å². The largest absolute Gasteiger partial charge is 0.379 e. The third kappa shape index (κ3) is 3.72. The van der Waals surface area contributed by atoms with Crippen molar-refractivity contribution in [3.05, 3.63) is 62.7 Å². The Morgan fingerprint density at radius 1 is 1.26 bits per heavy atom. The van der Waals surface area contributed by atoms with Crippen LogP contribution in [-0.4, -0.2) is 40.1 Å². The molecule has 3 rings (SSSR count). The molecular formula is C15H16N4O4. The van der Waals surface area contributed by atoms with Gasteiger partial charge in [-0.3, -0.25) is 19.6 Å². The molecule has 0 aromatic carbocycles. The van der Waals surface area contributed by atoms with E-state index in [1.165, 1.54) is 0 Å². The Balaban J connectivity index is 1.69. The van der Waals surface area contributed by atoms with Gasteiger partial charge < -0.3 is 15.0 Å². The van der Waals surface area contributed by atoms with Crippen molar-refractivity contribution in [1.29, 1.82) is 0 Å². The van der Waals surface area contributed by atoms with Gasteiger partial charge in [-0.25, -0.2) is 4.79 Å². The van der Waals surface area contributed by atoms with Crippen LogP contribution in [0.5, 0.6) is 0 Å². The number of carbonyl (C=O) groups is 1. The SMILES string of the molecule is O=C(N[C@H]1COC[C@H]1Cc1ccncc1)c1cc(=O)[nH]c(=O)[nH]1. The number of hydrogen-bond donors (Lipinski definition) is 3. The fraction of sp³-hybridized carbons (Fsp3) is 0.333. The standard InChI is InChI=1S/C15H16N4O4/c20-13-6-11(18-15(22)19-13)14(21)17-12-8-23-7-10(12)5-9-1-3-16-4-2-9/h1-4,6,10,12H,5,7-8H2,(H,17,21)(H2,18,19,20,22)/t10-,12+/m1/s1. The lowest BCUT2D eigenvalue weighted by molar-refractivity contribution is 0.0919. The number of H-pyrrole nitrogens is 2.